The second-order valence-corrected chi connectivity index (χ2v) is 8.30. The van der Waals surface area contributed by atoms with Crippen LogP contribution in [-0.4, -0.2) is 61.0 Å². The molecule has 0 aromatic rings. The van der Waals surface area contributed by atoms with E-state index in [9.17, 15) is 4.79 Å². The van der Waals surface area contributed by atoms with Gasteiger partial charge in [0.25, 0.3) is 0 Å². The quantitative estimate of drug-likeness (QED) is 0.764. The SMILES string of the molecule is C[C@@H](CC1=CCCN(CCN2CCCC2)C1)NC(=O)C(C)(C)C. The fourth-order valence-corrected chi connectivity index (χ4v) is 3.39. The molecule has 132 valence electrons. The molecule has 0 saturated carbocycles. The van der Waals surface area contributed by atoms with Gasteiger partial charge in [0.2, 0.25) is 5.91 Å². The number of hydrogen-bond donors (Lipinski definition) is 1. The van der Waals surface area contributed by atoms with Crippen LogP contribution in [0.4, 0.5) is 0 Å². The summed E-state index contributed by atoms with van der Waals surface area (Å²) < 4.78 is 0. The first-order valence-corrected chi connectivity index (χ1v) is 9.28. The van der Waals surface area contributed by atoms with E-state index in [1.54, 1.807) is 0 Å². The van der Waals surface area contributed by atoms with Crippen molar-refractivity contribution in [2.75, 3.05) is 39.3 Å². The zero-order valence-electron chi connectivity index (χ0n) is 15.5. The van der Waals surface area contributed by atoms with Crippen LogP contribution in [0.5, 0.6) is 0 Å². The Morgan fingerprint density at radius 3 is 2.48 bits per heavy atom. The van der Waals surface area contributed by atoms with Gasteiger partial charge in [0.05, 0.1) is 0 Å². The van der Waals surface area contributed by atoms with Crippen LogP contribution in [-0.2, 0) is 4.79 Å². The summed E-state index contributed by atoms with van der Waals surface area (Å²) in [6.07, 6.45) is 7.25. The summed E-state index contributed by atoms with van der Waals surface area (Å²) in [6, 6.07) is 0.214. The number of carbonyl (C=O) groups is 1. The highest BCUT2D eigenvalue weighted by Gasteiger charge is 2.23. The molecule has 0 bridgehead atoms. The van der Waals surface area contributed by atoms with Gasteiger partial charge in [0, 0.05) is 37.6 Å². The van der Waals surface area contributed by atoms with Gasteiger partial charge < -0.3 is 10.2 Å². The molecular formula is C19H35N3O. The van der Waals surface area contributed by atoms with Crippen LogP contribution in [0.2, 0.25) is 0 Å². The minimum absolute atomic E-state index is 0.146. The molecule has 0 aromatic carbocycles. The molecular weight excluding hydrogens is 286 g/mol. The monoisotopic (exact) mass is 321 g/mol. The Balaban J connectivity index is 1.72. The lowest BCUT2D eigenvalue weighted by molar-refractivity contribution is -0.129. The van der Waals surface area contributed by atoms with E-state index in [0.29, 0.717) is 0 Å². The summed E-state index contributed by atoms with van der Waals surface area (Å²) in [5.74, 6) is 0.146. The lowest BCUT2D eigenvalue weighted by Crippen LogP contribution is -2.42. The molecule has 0 aromatic heterocycles. The highest BCUT2D eigenvalue weighted by Crippen LogP contribution is 2.17. The minimum Gasteiger partial charge on any atom is -0.353 e. The normalized spacial score (nSPS) is 22.0. The van der Waals surface area contributed by atoms with Gasteiger partial charge >= 0.3 is 0 Å². The van der Waals surface area contributed by atoms with Crippen LogP contribution in [0.1, 0.15) is 53.4 Å². The second kappa shape index (κ2) is 8.29. The van der Waals surface area contributed by atoms with Crippen LogP contribution < -0.4 is 5.32 Å². The molecule has 2 rings (SSSR count). The van der Waals surface area contributed by atoms with Crippen molar-refractivity contribution >= 4 is 5.91 Å². The first-order valence-electron chi connectivity index (χ1n) is 9.28. The van der Waals surface area contributed by atoms with Gasteiger partial charge in [-0.15, -0.1) is 0 Å². The first-order chi connectivity index (χ1) is 10.8. The number of rotatable bonds is 6. The average molecular weight is 322 g/mol. The number of nitrogens with zero attached hydrogens (tertiary/aromatic N) is 2. The molecule has 4 heteroatoms. The molecule has 0 spiro atoms. The topological polar surface area (TPSA) is 35.6 Å². The number of hydrogen-bond acceptors (Lipinski definition) is 3. The largest absolute Gasteiger partial charge is 0.353 e. The zero-order valence-corrected chi connectivity index (χ0v) is 15.5. The van der Waals surface area contributed by atoms with E-state index >= 15 is 0 Å². The number of likely N-dealkylation sites (tertiary alicyclic amines) is 1. The zero-order chi connectivity index (χ0) is 16.9. The lowest BCUT2D eigenvalue weighted by atomic mass is 9.94. The molecule has 1 amide bonds. The van der Waals surface area contributed by atoms with E-state index in [0.717, 1.165) is 19.4 Å². The van der Waals surface area contributed by atoms with Gasteiger partial charge in [0.15, 0.2) is 0 Å². The maximum atomic E-state index is 12.1. The van der Waals surface area contributed by atoms with Gasteiger partial charge in [-0.05, 0) is 45.7 Å². The van der Waals surface area contributed by atoms with Crippen molar-refractivity contribution in [3.63, 3.8) is 0 Å². The van der Waals surface area contributed by atoms with E-state index in [4.69, 9.17) is 0 Å². The first kappa shape index (κ1) is 18.5. The Morgan fingerprint density at radius 2 is 1.83 bits per heavy atom. The Bertz CT molecular complexity index is 419. The molecule has 2 heterocycles. The molecule has 1 atom stereocenters. The smallest absolute Gasteiger partial charge is 0.225 e. The Labute approximate surface area is 142 Å². The van der Waals surface area contributed by atoms with Gasteiger partial charge in [-0.2, -0.15) is 0 Å². The van der Waals surface area contributed by atoms with Crippen LogP contribution in [0.15, 0.2) is 11.6 Å². The van der Waals surface area contributed by atoms with Crippen molar-refractivity contribution in [1.29, 1.82) is 0 Å². The number of nitrogens with one attached hydrogen (secondary N) is 1. The summed E-state index contributed by atoms with van der Waals surface area (Å²) in [7, 11) is 0. The standard InChI is InChI=1S/C19H35N3O/c1-16(20-18(23)19(2,3)4)14-17-8-7-11-22(15-17)13-12-21-9-5-6-10-21/h8,16H,5-7,9-15H2,1-4H3,(H,20,23)/t16-/m0/s1. The third-order valence-electron chi connectivity index (χ3n) is 4.86. The summed E-state index contributed by atoms with van der Waals surface area (Å²) in [6.45, 7) is 15.2. The van der Waals surface area contributed by atoms with Crippen LogP contribution in [0.3, 0.4) is 0 Å². The van der Waals surface area contributed by atoms with Crippen molar-refractivity contribution in [2.24, 2.45) is 5.41 Å². The predicted molar refractivity (Wildman–Crippen MR) is 96.5 cm³/mol. The van der Waals surface area contributed by atoms with E-state index in [1.165, 1.54) is 51.1 Å². The molecule has 0 radical (unpaired) electrons. The van der Waals surface area contributed by atoms with Gasteiger partial charge in [-0.3, -0.25) is 9.69 Å². The number of amides is 1. The van der Waals surface area contributed by atoms with Gasteiger partial charge in [-0.25, -0.2) is 0 Å². The highest BCUT2D eigenvalue weighted by molar-refractivity contribution is 5.81. The highest BCUT2D eigenvalue weighted by atomic mass is 16.2. The Hall–Kier alpha value is -0.870. The molecule has 2 aliphatic heterocycles. The lowest BCUT2D eigenvalue weighted by Gasteiger charge is -2.30. The molecule has 4 nitrogen and oxygen atoms in total. The van der Waals surface area contributed by atoms with Crippen molar-refractivity contribution in [2.45, 2.75) is 59.4 Å². The average Bonchev–Trinajstić information content (AvgIpc) is 2.97. The maximum absolute atomic E-state index is 12.1. The summed E-state index contributed by atoms with van der Waals surface area (Å²) in [5, 5.41) is 3.15. The van der Waals surface area contributed by atoms with Crippen molar-refractivity contribution in [1.82, 2.24) is 15.1 Å². The van der Waals surface area contributed by atoms with Gasteiger partial charge in [-0.1, -0.05) is 32.4 Å². The predicted octanol–water partition coefficient (Wildman–Crippen LogP) is 2.66. The third-order valence-corrected chi connectivity index (χ3v) is 4.86. The van der Waals surface area contributed by atoms with Crippen LogP contribution >= 0.6 is 0 Å². The summed E-state index contributed by atoms with van der Waals surface area (Å²) in [5.41, 5.74) is 1.18. The third kappa shape index (κ3) is 6.27. The fraction of sp³-hybridized carbons (Fsp3) is 0.842. The minimum atomic E-state index is -0.309. The summed E-state index contributed by atoms with van der Waals surface area (Å²) >= 11 is 0. The van der Waals surface area contributed by atoms with Crippen molar-refractivity contribution < 1.29 is 4.79 Å². The fourth-order valence-electron chi connectivity index (χ4n) is 3.39. The molecule has 23 heavy (non-hydrogen) atoms. The van der Waals surface area contributed by atoms with Gasteiger partial charge in [0.1, 0.15) is 0 Å². The molecule has 1 saturated heterocycles. The van der Waals surface area contributed by atoms with Crippen molar-refractivity contribution in [3.05, 3.63) is 11.6 Å². The summed E-state index contributed by atoms with van der Waals surface area (Å²) in [4.78, 5) is 17.2. The second-order valence-electron chi connectivity index (χ2n) is 8.30. The Morgan fingerprint density at radius 1 is 1.17 bits per heavy atom. The van der Waals surface area contributed by atoms with E-state index in [2.05, 4.69) is 28.1 Å². The number of carbonyl (C=O) groups excluding carboxylic acids is 1. The molecule has 2 aliphatic rings. The van der Waals surface area contributed by atoms with Crippen LogP contribution in [0, 0.1) is 5.41 Å². The maximum Gasteiger partial charge on any atom is 0.225 e. The Kier molecular flexibility index (Phi) is 6.66. The molecule has 0 unspecified atom stereocenters. The van der Waals surface area contributed by atoms with E-state index < -0.39 is 0 Å². The van der Waals surface area contributed by atoms with E-state index in [1.807, 2.05) is 20.8 Å². The molecule has 0 aliphatic carbocycles. The molecule has 1 fully saturated rings. The molecule has 1 N–H and O–H groups in total. The van der Waals surface area contributed by atoms with Crippen molar-refractivity contribution in [3.8, 4) is 0 Å². The van der Waals surface area contributed by atoms with E-state index in [-0.39, 0.29) is 17.4 Å². The van der Waals surface area contributed by atoms with Crippen LogP contribution in [0.25, 0.3) is 0 Å².